The summed E-state index contributed by atoms with van der Waals surface area (Å²) < 4.78 is 0. The summed E-state index contributed by atoms with van der Waals surface area (Å²) in [4.78, 5) is 4.01. The molecule has 0 aliphatic heterocycles. The van der Waals surface area contributed by atoms with Crippen LogP contribution in [0.25, 0.3) is 0 Å². The maximum absolute atomic E-state index is 6.19. The number of hydrogen-bond donors (Lipinski definition) is 1. The summed E-state index contributed by atoms with van der Waals surface area (Å²) in [5, 5.41) is 0. The average molecular weight is 202 g/mol. The Bertz CT molecular complexity index is 330. The minimum Gasteiger partial charge on any atom is -0.324 e. The third-order valence-electron chi connectivity index (χ3n) is 3.01. The lowest BCUT2D eigenvalue weighted by molar-refractivity contribution is 0.630. The number of hydrogen-bond acceptors (Lipinski definition) is 2. The summed E-state index contributed by atoms with van der Waals surface area (Å²) in [7, 11) is 0. The average Bonchev–Trinajstić information content (AvgIpc) is 2.31. The molecule has 0 fully saturated rings. The highest BCUT2D eigenvalue weighted by Gasteiger charge is 2.12. The standard InChI is InChI=1S/C13H18N2/c14-13(12-4-2-1-3-5-12)10-11-6-8-15-9-7-11/h4,6-9,13H,1-3,5,10,14H2. The summed E-state index contributed by atoms with van der Waals surface area (Å²) >= 11 is 0. The van der Waals surface area contributed by atoms with Crippen LogP contribution in [0.2, 0.25) is 0 Å². The zero-order valence-corrected chi connectivity index (χ0v) is 9.02. The Hall–Kier alpha value is -1.15. The SMILES string of the molecule is NC(Cc1ccncc1)C1=CCCCC1. The van der Waals surface area contributed by atoms with E-state index in [0.29, 0.717) is 0 Å². The largest absolute Gasteiger partial charge is 0.324 e. The van der Waals surface area contributed by atoms with Gasteiger partial charge in [-0.15, -0.1) is 0 Å². The van der Waals surface area contributed by atoms with Gasteiger partial charge in [0.25, 0.3) is 0 Å². The Morgan fingerprint density at radius 2 is 2.07 bits per heavy atom. The van der Waals surface area contributed by atoms with Crippen molar-refractivity contribution in [1.82, 2.24) is 4.98 Å². The van der Waals surface area contributed by atoms with Crippen molar-refractivity contribution in [2.45, 2.75) is 38.1 Å². The van der Waals surface area contributed by atoms with Crippen molar-refractivity contribution in [3.8, 4) is 0 Å². The first-order valence-corrected chi connectivity index (χ1v) is 5.69. The van der Waals surface area contributed by atoms with E-state index in [1.165, 1.54) is 36.8 Å². The molecule has 0 radical (unpaired) electrons. The molecule has 0 spiro atoms. The first-order valence-electron chi connectivity index (χ1n) is 5.69. The maximum atomic E-state index is 6.19. The fraction of sp³-hybridized carbons (Fsp3) is 0.462. The molecule has 1 heterocycles. The van der Waals surface area contributed by atoms with Crippen molar-refractivity contribution in [2.24, 2.45) is 5.73 Å². The molecule has 1 aromatic heterocycles. The first-order chi connectivity index (χ1) is 7.36. The lowest BCUT2D eigenvalue weighted by Gasteiger charge is -2.19. The molecular weight excluding hydrogens is 184 g/mol. The van der Waals surface area contributed by atoms with E-state index in [-0.39, 0.29) is 6.04 Å². The van der Waals surface area contributed by atoms with Crippen LogP contribution in [-0.2, 0) is 6.42 Å². The van der Waals surface area contributed by atoms with Crippen LogP contribution in [0, 0.1) is 0 Å². The fourth-order valence-electron chi connectivity index (χ4n) is 2.10. The van der Waals surface area contributed by atoms with Gasteiger partial charge >= 0.3 is 0 Å². The molecule has 2 nitrogen and oxygen atoms in total. The predicted octanol–water partition coefficient (Wildman–Crippen LogP) is 2.45. The highest BCUT2D eigenvalue weighted by atomic mass is 14.6. The van der Waals surface area contributed by atoms with Crippen LogP contribution in [-0.4, -0.2) is 11.0 Å². The lowest BCUT2D eigenvalue weighted by Crippen LogP contribution is -2.26. The summed E-state index contributed by atoms with van der Waals surface area (Å²) in [6.45, 7) is 0. The lowest BCUT2D eigenvalue weighted by atomic mass is 9.91. The van der Waals surface area contributed by atoms with Gasteiger partial charge in [-0.05, 0) is 49.8 Å². The van der Waals surface area contributed by atoms with Crippen molar-refractivity contribution in [1.29, 1.82) is 0 Å². The van der Waals surface area contributed by atoms with Crippen LogP contribution in [0.1, 0.15) is 31.2 Å². The summed E-state index contributed by atoms with van der Waals surface area (Å²) in [6.07, 6.45) is 11.9. The highest BCUT2D eigenvalue weighted by Crippen LogP contribution is 2.21. The molecule has 0 saturated heterocycles. The minimum absolute atomic E-state index is 0.202. The van der Waals surface area contributed by atoms with Crippen LogP contribution in [0.3, 0.4) is 0 Å². The van der Waals surface area contributed by atoms with Gasteiger partial charge in [0.15, 0.2) is 0 Å². The van der Waals surface area contributed by atoms with Crippen molar-refractivity contribution in [3.63, 3.8) is 0 Å². The van der Waals surface area contributed by atoms with E-state index >= 15 is 0 Å². The van der Waals surface area contributed by atoms with E-state index in [0.717, 1.165) is 6.42 Å². The van der Waals surface area contributed by atoms with Gasteiger partial charge in [0.1, 0.15) is 0 Å². The normalized spacial score (nSPS) is 18.3. The minimum atomic E-state index is 0.202. The van der Waals surface area contributed by atoms with Crippen molar-refractivity contribution < 1.29 is 0 Å². The van der Waals surface area contributed by atoms with E-state index in [1.54, 1.807) is 0 Å². The zero-order valence-electron chi connectivity index (χ0n) is 9.02. The molecule has 15 heavy (non-hydrogen) atoms. The van der Waals surface area contributed by atoms with Crippen molar-refractivity contribution in [2.75, 3.05) is 0 Å². The first kappa shape index (κ1) is 10.4. The second-order valence-corrected chi connectivity index (χ2v) is 4.19. The molecule has 1 aromatic rings. The molecule has 1 aliphatic rings. The van der Waals surface area contributed by atoms with Gasteiger partial charge in [-0.25, -0.2) is 0 Å². The number of rotatable bonds is 3. The summed E-state index contributed by atoms with van der Waals surface area (Å²) in [5.41, 5.74) is 8.92. The molecule has 0 bridgehead atoms. The van der Waals surface area contributed by atoms with Crippen molar-refractivity contribution >= 4 is 0 Å². The Kier molecular flexibility index (Phi) is 3.51. The summed E-state index contributed by atoms with van der Waals surface area (Å²) in [6, 6.07) is 4.29. The van der Waals surface area contributed by atoms with Crippen LogP contribution in [0.4, 0.5) is 0 Å². The molecule has 0 amide bonds. The highest BCUT2D eigenvalue weighted by molar-refractivity contribution is 5.19. The third kappa shape index (κ3) is 2.90. The molecule has 1 unspecified atom stereocenters. The second kappa shape index (κ2) is 5.08. The van der Waals surface area contributed by atoms with Gasteiger partial charge in [0.2, 0.25) is 0 Å². The van der Waals surface area contributed by atoms with Crippen molar-refractivity contribution in [3.05, 3.63) is 41.7 Å². The van der Waals surface area contributed by atoms with E-state index in [1.807, 2.05) is 24.5 Å². The topological polar surface area (TPSA) is 38.9 Å². The van der Waals surface area contributed by atoms with Gasteiger partial charge in [-0.3, -0.25) is 4.98 Å². The maximum Gasteiger partial charge on any atom is 0.0294 e. The molecular formula is C13H18N2. The zero-order chi connectivity index (χ0) is 10.5. The molecule has 0 aromatic carbocycles. The Morgan fingerprint density at radius 1 is 1.27 bits per heavy atom. The quantitative estimate of drug-likeness (QED) is 0.765. The third-order valence-corrected chi connectivity index (χ3v) is 3.01. The Balaban J connectivity index is 1.97. The van der Waals surface area contributed by atoms with E-state index < -0.39 is 0 Å². The predicted molar refractivity (Wildman–Crippen MR) is 62.5 cm³/mol. The smallest absolute Gasteiger partial charge is 0.0294 e. The van der Waals surface area contributed by atoms with Gasteiger partial charge in [0.05, 0.1) is 0 Å². The van der Waals surface area contributed by atoms with E-state index in [9.17, 15) is 0 Å². The Labute approximate surface area is 91.2 Å². The summed E-state index contributed by atoms with van der Waals surface area (Å²) in [5.74, 6) is 0. The van der Waals surface area contributed by atoms with E-state index in [2.05, 4.69) is 11.1 Å². The molecule has 0 saturated carbocycles. The Morgan fingerprint density at radius 3 is 2.73 bits per heavy atom. The number of aromatic nitrogens is 1. The van der Waals surface area contributed by atoms with Crippen LogP contribution >= 0.6 is 0 Å². The molecule has 2 heteroatoms. The number of pyridine rings is 1. The van der Waals surface area contributed by atoms with Crippen LogP contribution < -0.4 is 5.73 Å². The molecule has 2 N–H and O–H groups in total. The van der Waals surface area contributed by atoms with Crippen LogP contribution in [0.15, 0.2) is 36.2 Å². The number of allylic oxidation sites excluding steroid dienone is 1. The molecule has 1 atom stereocenters. The molecule has 80 valence electrons. The number of nitrogens with zero attached hydrogens (tertiary/aromatic N) is 1. The van der Waals surface area contributed by atoms with Gasteiger partial charge < -0.3 is 5.73 Å². The molecule has 2 rings (SSSR count). The second-order valence-electron chi connectivity index (χ2n) is 4.19. The monoisotopic (exact) mass is 202 g/mol. The van der Waals surface area contributed by atoms with Gasteiger partial charge in [0, 0.05) is 18.4 Å². The van der Waals surface area contributed by atoms with E-state index in [4.69, 9.17) is 5.73 Å². The van der Waals surface area contributed by atoms with Gasteiger partial charge in [-0.1, -0.05) is 11.6 Å². The van der Waals surface area contributed by atoms with Gasteiger partial charge in [-0.2, -0.15) is 0 Å². The molecule has 1 aliphatic carbocycles. The van der Waals surface area contributed by atoms with Crippen LogP contribution in [0.5, 0.6) is 0 Å². The fourth-order valence-corrected chi connectivity index (χ4v) is 2.10. The number of nitrogens with two attached hydrogens (primary N) is 1.